The van der Waals surface area contributed by atoms with Crippen LogP contribution in [-0.2, 0) is 16.4 Å². The van der Waals surface area contributed by atoms with E-state index in [0.29, 0.717) is 40.3 Å². The second kappa shape index (κ2) is 8.99. The number of amides is 1. The highest BCUT2D eigenvalue weighted by Gasteiger charge is 2.20. The zero-order chi connectivity index (χ0) is 23.6. The van der Waals surface area contributed by atoms with Crippen LogP contribution in [0.2, 0.25) is 0 Å². The van der Waals surface area contributed by atoms with E-state index in [1.807, 2.05) is 6.92 Å². The summed E-state index contributed by atoms with van der Waals surface area (Å²) in [6.07, 6.45) is 4.52. The average Bonchev–Trinajstić information content (AvgIpc) is 2.73. The van der Waals surface area contributed by atoms with Gasteiger partial charge < -0.3 is 4.90 Å². The molecule has 0 bridgehead atoms. The molecule has 1 amide bonds. The van der Waals surface area contributed by atoms with Gasteiger partial charge in [0.15, 0.2) is 0 Å². The van der Waals surface area contributed by atoms with Crippen LogP contribution in [0.3, 0.4) is 0 Å². The SMILES string of the molecule is CCc1ncnc(-c2ccc(C(=O)N(C)C)cc2F)c1-c1cnc(C)c(NS(C)(=O)=O)c1. The minimum Gasteiger partial charge on any atom is -0.345 e. The number of carbonyl (C=O) groups is 1. The number of aromatic nitrogens is 3. The predicted octanol–water partition coefficient (Wildman–Crippen LogP) is 3.29. The van der Waals surface area contributed by atoms with Gasteiger partial charge in [0.2, 0.25) is 10.0 Å². The molecule has 0 aliphatic carbocycles. The molecule has 0 saturated heterocycles. The number of halogens is 1. The molecule has 0 radical (unpaired) electrons. The molecule has 1 aromatic carbocycles. The van der Waals surface area contributed by atoms with Gasteiger partial charge in [-0.1, -0.05) is 6.92 Å². The predicted molar refractivity (Wildman–Crippen MR) is 121 cm³/mol. The molecule has 0 aliphatic heterocycles. The molecule has 32 heavy (non-hydrogen) atoms. The van der Waals surface area contributed by atoms with Crippen molar-refractivity contribution in [3.63, 3.8) is 0 Å². The highest BCUT2D eigenvalue weighted by molar-refractivity contribution is 7.92. The van der Waals surface area contributed by atoms with Crippen LogP contribution in [0.1, 0.15) is 28.7 Å². The van der Waals surface area contributed by atoms with Crippen LogP contribution in [0.25, 0.3) is 22.4 Å². The minimum absolute atomic E-state index is 0.200. The van der Waals surface area contributed by atoms with Crippen molar-refractivity contribution in [1.82, 2.24) is 19.9 Å². The number of carbonyl (C=O) groups excluding carboxylic acids is 1. The van der Waals surface area contributed by atoms with E-state index in [2.05, 4.69) is 19.7 Å². The van der Waals surface area contributed by atoms with Gasteiger partial charge in [-0.25, -0.2) is 22.8 Å². The third-order valence-electron chi connectivity index (χ3n) is 4.81. The van der Waals surface area contributed by atoms with Crippen molar-refractivity contribution in [3.8, 4) is 22.4 Å². The summed E-state index contributed by atoms with van der Waals surface area (Å²) in [5.41, 5.74) is 3.30. The summed E-state index contributed by atoms with van der Waals surface area (Å²) >= 11 is 0. The molecular formula is C22H24FN5O3S. The number of hydrogen-bond donors (Lipinski definition) is 1. The maximum absolute atomic E-state index is 15.1. The molecule has 0 atom stereocenters. The number of pyridine rings is 1. The Morgan fingerprint density at radius 1 is 1.16 bits per heavy atom. The molecule has 2 aromatic heterocycles. The Kier molecular flexibility index (Phi) is 6.54. The third-order valence-corrected chi connectivity index (χ3v) is 5.40. The Balaban J connectivity index is 2.21. The van der Waals surface area contributed by atoms with Crippen LogP contribution in [0.4, 0.5) is 10.1 Å². The summed E-state index contributed by atoms with van der Waals surface area (Å²) in [6.45, 7) is 3.59. The van der Waals surface area contributed by atoms with Gasteiger partial charge in [0.1, 0.15) is 12.1 Å². The van der Waals surface area contributed by atoms with Gasteiger partial charge in [0.05, 0.1) is 29.0 Å². The monoisotopic (exact) mass is 457 g/mol. The smallest absolute Gasteiger partial charge is 0.253 e. The number of nitrogens with one attached hydrogen (secondary N) is 1. The van der Waals surface area contributed by atoms with Crippen molar-refractivity contribution in [1.29, 1.82) is 0 Å². The Morgan fingerprint density at radius 2 is 1.88 bits per heavy atom. The number of rotatable bonds is 6. The van der Waals surface area contributed by atoms with E-state index < -0.39 is 15.8 Å². The number of nitrogens with zero attached hydrogens (tertiary/aromatic N) is 4. The average molecular weight is 458 g/mol. The van der Waals surface area contributed by atoms with Crippen molar-refractivity contribution in [2.24, 2.45) is 0 Å². The van der Waals surface area contributed by atoms with Crippen LogP contribution in [0, 0.1) is 12.7 Å². The summed E-state index contributed by atoms with van der Waals surface area (Å²) in [5.74, 6) is -0.916. The van der Waals surface area contributed by atoms with Crippen molar-refractivity contribution >= 4 is 21.6 Å². The summed E-state index contributed by atoms with van der Waals surface area (Å²) in [4.78, 5) is 26.5. The second-order valence-electron chi connectivity index (χ2n) is 7.52. The van der Waals surface area contributed by atoms with Gasteiger partial charge >= 0.3 is 0 Å². The standard InChI is InChI=1S/C22H24FN5O3S/c1-6-18-20(15-10-19(13(2)24-11-15)27-32(5,30)31)21(26-12-25-18)16-8-7-14(9-17(16)23)22(29)28(3)4/h7-12,27H,6H2,1-5H3. The summed E-state index contributed by atoms with van der Waals surface area (Å²) in [7, 11) is -0.333. The van der Waals surface area contributed by atoms with E-state index in [0.717, 1.165) is 6.26 Å². The van der Waals surface area contributed by atoms with Crippen LogP contribution in [0.15, 0.2) is 36.8 Å². The number of hydrogen-bond acceptors (Lipinski definition) is 6. The number of sulfonamides is 1. The molecule has 10 heteroatoms. The van der Waals surface area contributed by atoms with Crippen LogP contribution < -0.4 is 4.72 Å². The lowest BCUT2D eigenvalue weighted by Crippen LogP contribution is -2.21. The molecule has 3 rings (SSSR count). The zero-order valence-corrected chi connectivity index (χ0v) is 19.3. The summed E-state index contributed by atoms with van der Waals surface area (Å²) in [5, 5.41) is 0. The van der Waals surface area contributed by atoms with E-state index in [9.17, 15) is 13.2 Å². The lowest BCUT2D eigenvalue weighted by Gasteiger charge is -2.16. The number of aryl methyl sites for hydroxylation is 2. The maximum atomic E-state index is 15.1. The molecule has 0 unspecified atom stereocenters. The molecule has 168 valence electrons. The molecule has 0 spiro atoms. The van der Waals surface area contributed by atoms with Crippen molar-refractivity contribution < 1.29 is 17.6 Å². The Labute approximate surface area is 186 Å². The van der Waals surface area contributed by atoms with E-state index in [1.165, 1.54) is 23.4 Å². The molecule has 0 saturated carbocycles. The zero-order valence-electron chi connectivity index (χ0n) is 18.5. The third kappa shape index (κ3) is 4.91. The number of benzene rings is 1. The molecule has 8 nitrogen and oxygen atoms in total. The van der Waals surface area contributed by atoms with E-state index in [-0.39, 0.29) is 17.0 Å². The normalized spacial score (nSPS) is 11.3. The largest absolute Gasteiger partial charge is 0.345 e. The summed E-state index contributed by atoms with van der Waals surface area (Å²) in [6, 6.07) is 5.86. The topological polar surface area (TPSA) is 105 Å². The molecule has 1 N–H and O–H groups in total. The van der Waals surface area contributed by atoms with Gasteiger partial charge in [-0.2, -0.15) is 0 Å². The Morgan fingerprint density at radius 3 is 2.47 bits per heavy atom. The van der Waals surface area contributed by atoms with Gasteiger partial charge in [-0.3, -0.25) is 14.5 Å². The highest BCUT2D eigenvalue weighted by atomic mass is 32.2. The first-order valence-electron chi connectivity index (χ1n) is 9.82. The van der Waals surface area contributed by atoms with Crippen LogP contribution in [0.5, 0.6) is 0 Å². The minimum atomic E-state index is -3.52. The van der Waals surface area contributed by atoms with Crippen LogP contribution in [-0.4, -0.2) is 54.5 Å². The van der Waals surface area contributed by atoms with Crippen molar-refractivity contribution in [2.45, 2.75) is 20.3 Å². The van der Waals surface area contributed by atoms with Gasteiger partial charge in [-0.15, -0.1) is 0 Å². The van der Waals surface area contributed by atoms with E-state index in [1.54, 1.807) is 39.3 Å². The van der Waals surface area contributed by atoms with E-state index >= 15 is 4.39 Å². The van der Waals surface area contributed by atoms with Gasteiger partial charge in [0, 0.05) is 42.5 Å². The quantitative estimate of drug-likeness (QED) is 0.609. The van der Waals surface area contributed by atoms with Crippen molar-refractivity contribution in [3.05, 3.63) is 59.6 Å². The summed E-state index contributed by atoms with van der Waals surface area (Å²) < 4.78 is 41.1. The first kappa shape index (κ1) is 23.3. The second-order valence-corrected chi connectivity index (χ2v) is 9.27. The fourth-order valence-electron chi connectivity index (χ4n) is 3.27. The van der Waals surface area contributed by atoms with Gasteiger partial charge in [0.25, 0.3) is 5.91 Å². The highest BCUT2D eigenvalue weighted by Crippen LogP contribution is 2.35. The Hall–Kier alpha value is -3.40. The van der Waals surface area contributed by atoms with Crippen LogP contribution >= 0.6 is 0 Å². The lowest BCUT2D eigenvalue weighted by atomic mass is 9.96. The molecule has 0 aliphatic rings. The lowest BCUT2D eigenvalue weighted by molar-refractivity contribution is 0.0827. The fourth-order valence-corrected chi connectivity index (χ4v) is 3.88. The number of anilines is 1. The molecule has 2 heterocycles. The van der Waals surface area contributed by atoms with Gasteiger partial charge in [-0.05, 0) is 37.6 Å². The molecule has 3 aromatic rings. The molecular weight excluding hydrogens is 433 g/mol. The Bertz CT molecular complexity index is 1290. The first-order chi connectivity index (χ1) is 15.0. The first-order valence-corrected chi connectivity index (χ1v) is 11.7. The fraction of sp³-hybridized carbons (Fsp3) is 0.273. The maximum Gasteiger partial charge on any atom is 0.253 e. The van der Waals surface area contributed by atoms with E-state index in [4.69, 9.17) is 0 Å². The van der Waals surface area contributed by atoms with Crippen molar-refractivity contribution in [2.75, 3.05) is 25.1 Å². The molecule has 0 fully saturated rings.